The Morgan fingerprint density at radius 3 is 2.57 bits per heavy atom. The average molecular weight is 337 g/mol. The highest BCUT2D eigenvalue weighted by Crippen LogP contribution is 2.29. The third-order valence-corrected chi connectivity index (χ3v) is 6.38. The van der Waals surface area contributed by atoms with E-state index >= 15 is 0 Å². The molecule has 1 aliphatic rings. The lowest BCUT2D eigenvalue weighted by Gasteiger charge is -2.22. The zero-order valence-corrected chi connectivity index (χ0v) is 16.7. The van der Waals surface area contributed by atoms with E-state index in [2.05, 4.69) is 46.1 Å². The van der Waals surface area contributed by atoms with E-state index in [0.717, 1.165) is 30.8 Å². The summed E-state index contributed by atoms with van der Waals surface area (Å²) in [6.07, 6.45) is 18.1. The topological polar surface area (TPSA) is 17.1 Å². The van der Waals surface area contributed by atoms with Gasteiger partial charge in [-0.05, 0) is 56.4 Å². The van der Waals surface area contributed by atoms with Crippen LogP contribution in [-0.2, 0) is 4.79 Å². The molecule has 0 aliphatic heterocycles. The van der Waals surface area contributed by atoms with Gasteiger partial charge in [0.25, 0.3) is 0 Å². The van der Waals surface area contributed by atoms with Crippen molar-refractivity contribution < 1.29 is 4.79 Å². The molecule has 0 heterocycles. The van der Waals surface area contributed by atoms with Gasteiger partial charge >= 0.3 is 0 Å². The van der Waals surface area contributed by atoms with E-state index in [4.69, 9.17) is 0 Å². The van der Waals surface area contributed by atoms with Crippen molar-refractivity contribution in [3.8, 4) is 0 Å². The van der Waals surface area contributed by atoms with Crippen LogP contribution in [0.15, 0.2) is 23.8 Å². The molecule has 23 heavy (non-hydrogen) atoms. The number of hydrogen-bond acceptors (Lipinski definition) is 2. The van der Waals surface area contributed by atoms with Gasteiger partial charge < -0.3 is 0 Å². The van der Waals surface area contributed by atoms with Crippen LogP contribution in [0.5, 0.6) is 0 Å². The second kappa shape index (κ2) is 10.4. The minimum atomic E-state index is 0.303. The quantitative estimate of drug-likeness (QED) is 0.331. The number of hydrogen-bond donors (Lipinski definition) is 0. The Kier molecular flexibility index (Phi) is 9.27. The van der Waals surface area contributed by atoms with Crippen molar-refractivity contribution in [1.29, 1.82) is 0 Å². The molecule has 0 N–H and O–H groups in total. The molecule has 0 radical (unpaired) electrons. The van der Waals surface area contributed by atoms with E-state index in [9.17, 15) is 4.79 Å². The Balaban J connectivity index is 2.26. The van der Waals surface area contributed by atoms with Crippen molar-refractivity contribution in [3.05, 3.63) is 23.8 Å². The summed E-state index contributed by atoms with van der Waals surface area (Å²) in [5.41, 5.74) is 1.11. The molecule has 2 heteroatoms. The van der Waals surface area contributed by atoms with Gasteiger partial charge in [-0.3, -0.25) is 4.79 Å². The second-order valence-electron chi connectivity index (χ2n) is 7.87. The van der Waals surface area contributed by atoms with Crippen LogP contribution in [0.4, 0.5) is 0 Å². The molecular weight excluding hydrogens is 300 g/mol. The Morgan fingerprint density at radius 1 is 1.30 bits per heavy atom. The highest BCUT2D eigenvalue weighted by Gasteiger charge is 2.20. The lowest BCUT2D eigenvalue weighted by molar-refractivity contribution is -0.118. The molecule has 132 valence electrons. The smallest absolute Gasteiger partial charge is 0.159 e. The number of carbonyl (C=O) groups excluding carboxylic acids is 1. The molecule has 1 nitrogen and oxygen atoms in total. The largest absolute Gasteiger partial charge is 0.295 e. The van der Waals surface area contributed by atoms with E-state index in [1.165, 1.54) is 32.1 Å². The van der Waals surface area contributed by atoms with Crippen LogP contribution in [0, 0.1) is 11.8 Å². The van der Waals surface area contributed by atoms with Gasteiger partial charge in [-0.1, -0.05) is 58.6 Å². The maximum Gasteiger partial charge on any atom is 0.159 e. The number of allylic oxidation sites excluding steroid dienone is 4. The maximum absolute atomic E-state index is 12.1. The van der Waals surface area contributed by atoms with E-state index in [1.54, 1.807) is 0 Å². The summed E-state index contributed by atoms with van der Waals surface area (Å²) in [5, 5.41) is 0. The highest BCUT2D eigenvalue weighted by atomic mass is 32.2. The first-order valence-electron chi connectivity index (χ1n) is 9.28. The van der Waals surface area contributed by atoms with Crippen LogP contribution in [0.1, 0.15) is 79.1 Å². The minimum absolute atomic E-state index is 0.303. The Hall–Kier alpha value is -0.500. The van der Waals surface area contributed by atoms with Crippen LogP contribution in [0.2, 0.25) is 0 Å². The molecule has 0 amide bonds. The number of ketones is 1. The van der Waals surface area contributed by atoms with Crippen LogP contribution in [-0.4, -0.2) is 16.8 Å². The third kappa shape index (κ3) is 8.79. The summed E-state index contributed by atoms with van der Waals surface area (Å²) in [4.78, 5) is 12.1. The van der Waals surface area contributed by atoms with Gasteiger partial charge in [-0.2, -0.15) is 11.8 Å². The van der Waals surface area contributed by atoms with Gasteiger partial charge in [0.15, 0.2) is 5.78 Å². The normalized spacial score (nSPS) is 18.7. The van der Waals surface area contributed by atoms with E-state index in [1.807, 2.05) is 17.8 Å². The van der Waals surface area contributed by atoms with Crippen LogP contribution in [0.3, 0.4) is 0 Å². The van der Waals surface area contributed by atoms with Gasteiger partial charge in [0.2, 0.25) is 0 Å². The number of thioether (sulfide) groups is 1. The Morgan fingerprint density at radius 2 is 1.96 bits per heavy atom. The first-order valence-corrected chi connectivity index (χ1v) is 10.5. The molecular formula is C21H36OS. The van der Waals surface area contributed by atoms with Gasteiger partial charge in [0.1, 0.15) is 0 Å². The van der Waals surface area contributed by atoms with Gasteiger partial charge in [0.05, 0.1) is 0 Å². The fourth-order valence-corrected chi connectivity index (χ4v) is 3.53. The van der Waals surface area contributed by atoms with Gasteiger partial charge in [-0.15, -0.1) is 0 Å². The first kappa shape index (κ1) is 20.5. The summed E-state index contributed by atoms with van der Waals surface area (Å²) in [5.74, 6) is 1.37. The second-order valence-corrected chi connectivity index (χ2v) is 9.38. The van der Waals surface area contributed by atoms with Crippen molar-refractivity contribution in [2.45, 2.75) is 83.8 Å². The molecule has 0 aromatic heterocycles. The predicted molar refractivity (Wildman–Crippen MR) is 105 cm³/mol. The summed E-state index contributed by atoms with van der Waals surface area (Å²) < 4.78 is 0.412. The zero-order valence-electron chi connectivity index (χ0n) is 15.9. The zero-order chi connectivity index (χ0) is 17.3. The van der Waals surface area contributed by atoms with Crippen molar-refractivity contribution >= 4 is 17.5 Å². The summed E-state index contributed by atoms with van der Waals surface area (Å²) in [6, 6.07) is 0. The highest BCUT2D eigenvalue weighted by molar-refractivity contribution is 7.99. The maximum atomic E-state index is 12.1. The van der Waals surface area contributed by atoms with Crippen molar-refractivity contribution in [2.24, 2.45) is 11.8 Å². The van der Waals surface area contributed by atoms with Crippen LogP contribution < -0.4 is 0 Å². The van der Waals surface area contributed by atoms with Crippen molar-refractivity contribution in [2.75, 3.05) is 6.26 Å². The van der Waals surface area contributed by atoms with Crippen molar-refractivity contribution in [1.82, 2.24) is 0 Å². The molecule has 1 unspecified atom stereocenters. The van der Waals surface area contributed by atoms with E-state index < -0.39 is 0 Å². The van der Waals surface area contributed by atoms with Crippen molar-refractivity contribution in [3.63, 3.8) is 0 Å². The minimum Gasteiger partial charge on any atom is -0.295 e. The summed E-state index contributed by atoms with van der Waals surface area (Å²) in [7, 11) is 0. The van der Waals surface area contributed by atoms with E-state index in [0.29, 0.717) is 16.4 Å². The molecule has 1 rings (SSSR count). The summed E-state index contributed by atoms with van der Waals surface area (Å²) in [6.45, 7) is 9.05. The molecule has 0 saturated heterocycles. The lowest BCUT2D eigenvalue weighted by Crippen LogP contribution is -2.13. The molecule has 1 saturated carbocycles. The predicted octanol–water partition coefficient (Wildman–Crippen LogP) is 6.59. The number of rotatable bonds is 10. The Labute approximate surface area is 148 Å². The van der Waals surface area contributed by atoms with Gasteiger partial charge in [-0.25, -0.2) is 0 Å². The molecule has 0 aromatic rings. The molecule has 0 spiro atoms. The monoisotopic (exact) mass is 336 g/mol. The fraction of sp³-hybridized carbons (Fsp3) is 0.762. The average Bonchev–Trinajstić information content (AvgIpc) is 3.01. The molecule has 0 bridgehead atoms. The molecule has 1 atom stereocenters. The third-order valence-electron chi connectivity index (χ3n) is 5.08. The SMILES string of the molecule is CSC(C)(C)CCCC(C)CC=CC(C)=CC(=O)C1CCCC1. The molecule has 0 aromatic carbocycles. The van der Waals surface area contributed by atoms with Gasteiger partial charge in [0, 0.05) is 10.7 Å². The standard InChI is InChI=1S/C21H36OS/c1-17(12-9-15-21(3,4)23-5)10-8-11-18(2)16-20(22)19-13-6-7-14-19/h8,11,16-17,19H,6-7,9-10,12-15H2,1-5H3. The first-order chi connectivity index (χ1) is 10.8. The fourth-order valence-electron chi connectivity index (χ4n) is 3.18. The lowest BCUT2D eigenvalue weighted by atomic mass is 9.96. The summed E-state index contributed by atoms with van der Waals surface area (Å²) >= 11 is 1.96. The number of carbonyl (C=O) groups is 1. The van der Waals surface area contributed by atoms with E-state index in [-0.39, 0.29) is 0 Å². The Bertz CT molecular complexity index is 414. The van der Waals surface area contributed by atoms with Crippen LogP contribution >= 0.6 is 11.8 Å². The molecule has 1 aliphatic carbocycles. The van der Waals surface area contributed by atoms with Crippen LogP contribution in [0.25, 0.3) is 0 Å². The molecule has 1 fully saturated rings.